The highest BCUT2D eigenvalue weighted by Gasteiger charge is 2.52. The second-order valence-corrected chi connectivity index (χ2v) is 11.3. The predicted octanol–water partition coefficient (Wildman–Crippen LogP) is 5.90. The molecule has 3 aromatic carbocycles. The quantitative estimate of drug-likeness (QED) is 0.281. The van der Waals surface area contributed by atoms with Crippen molar-refractivity contribution in [3.63, 3.8) is 0 Å². The number of aliphatic hydroxyl groups is 1. The minimum Gasteiger partial charge on any atom is -0.389 e. The molecule has 8 heteroatoms. The number of carbonyl (C=O) groups excluding carboxylic acids is 2. The topological polar surface area (TPSA) is 86.9 Å². The third-order valence-electron chi connectivity index (χ3n) is 8.15. The minimum absolute atomic E-state index is 0.101. The van der Waals surface area contributed by atoms with E-state index in [-0.39, 0.29) is 23.9 Å². The van der Waals surface area contributed by atoms with Crippen LogP contribution < -0.4 is 5.73 Å². The van der Waals surface area contributed by atoms with Crippen molar-refractivity contribution >= 4 is 11.8 Å². The molecular weight excluding hydrogens is 536 g/mol. The molecule has 0 unspecified atom stereocenters. The molecule has 1 aliphatic carbocycles. The summed E-state index contributed by atoms with van der Waals surface area (Å²) in [6, 6.07) is 15.0. The normalized spacial score (nSPS) is 15.1. The van der Waals surface area contributed by atoms with Crippen molar-refractivity contribution in [2.24, 2.45) is 5.73 Å². The fourth-order valence-electron chi connectivity index (χ4n) is 5.70. The van der Waals surface area contributed by atoms with Crippen LogP contribution in [0.1, 0.15) is 89.0 Å². The second-order valence-electron chi connectivity index (χ2n) is 11.3. The molecule has 0 radical (unpaired) electrons. The summed E-state index contributed by atoms with van der Waals surface area (Å²) in [7, 11) is 0. The monoisotopic (exact) mass is 577 g/mol. The molecule has 6 nitrogen and oxygen atoms in total. The van der Waals surface area contributed by atoms with Crippen molar-refractivity contribution in [3.05, 3.63) is 106 Å². The van der Waals surface area contributed by atoms with Gasteiger partial charge in [0.05, 0.1) is 17.7 Å². The van der Waals surface area contributed by atoms with Gasteiger partial charge in [0.15, 0.2) is 0 Å². The van der Waals surface area contributed by atoms with Crippen molar-refractivity contribution in [3.8, 4) is 0 Å². The molecule has 3 N–H and O–H groups in total. The van der Waals surface area contributed by atoms with Crippen LogP contribution in [-0.2, 0) is 12.0 Å². The first kappa shape index (κ1) is 31.3. The van der Waals surface area contributed by atoms with Gasteiger partial charge in [-0.3, -0.25) is 9.59 Å². The molecule has 2 atom stereocenters. The van der Waals surface area contributed by atoms with Crippen molar-refractivity contribution in [1.82, 2.24) is 9.80 Å². The minimum atomic E-state index is -1.31. The van der Waals surface area contributed by atoms with Crippen LogP contribution in [0, 0.1) is 18.6 Å². The van der Waals surface area contributed by atoms with Crippen LogP contribution in [0.5, 0.6) is 0 Å². The molecule has 1 saturated carbocycles. The average Bonchev–Trinajstić information content (AvgIpc) is 3.78. The lowest BCUT2D eigenvalue weighted by atomic mass is 9.95. The molecular formula is C34H41F2N3O3. The van der Waals surface area contributed by atoms with Gasteiger partial charge in [-0.1, -0.05) is 38.1 Å². The highest BCUT2D eigenvalue weighted by atomic mass is 19.1. The maximum absolute atomic E-state index is 14.4. The Morgan fingerprint density at radius 1 is 0.952 bits per heavy atom. The van der Waals surface area contributed by atoms with Crippen molar-refractivity contribution in [1.29, 1.82) is 0 Å². The van der Waals surface area contributed by atoms with Gasteiger partial charge in [0.25, 0.3) is 11.8 Å². The van der Waals surface area contributed by atoms with Gasteiger partial charge in [0.2, 0.25) is 0 Å². The third kappa shape index (κ3) is 6.71. The Hall–Kier alpha value is -3.62. The van der Waals surface area contributed by atoms with Gasteiger partial charge in [-0.05, 0) is 92.1 Å². The molecule has 2 amide bonds. The lowest BCUT2D eigenvalue weighted by Crippen LogP contribution is -2.47. The number of hydrogen-bond acceptors (Lipinski definition) is 4. The molecule has 3 aromatic rings. The Kier molecular flexibility index (Phi) is 9.79. The summed E-state index contributed by atoms with van der Waals surface area (Å²) in [6.07, 6.45) is 1.69. The van der Waals surface area contributed by atoms with E-state index >= 15 is 0 Å². The Morgan fingerprint density at radius 3 is 2.17 bits per heavy atom. The van der Waals surface area contributed by atoms with Crippen LogP contribution in [0.4, 0.5) is 8.78 Å². The van der Waals surface area contributed by atoms with Crippen LogP contribution in [0.2, 0.25) is 0 Å². The molecule has 0 aliphatic heterocycles. The van der Waals surface area contributed by atoms with Gasteiger partial charge < -0.3 is 20.6 Å². The Labute approximate surface area is 247 Å². The Balaban J connectivity index is 1.74. The zero-order chi connectivity index (χ0) is 30.6. The lowest BCUT2D eigenvalue weighted by Gasteiger charge is -2.36. The van der Waals surface area contributed by atoms with E-state index in [1.807, 2.05) is 39.0 Å². The fraction of sp³-hybridized carbons (Fsp3) is 0.412. The average molecular weight is 578 g/mol. The van der Waals surface area contributed by atoms with Crippen LogP contribution in [0.25, 0.3) is 0 Å². The zero-order valence-electron chi connectivity index (χ0n) is 24.9. The summed E-state index contributed by atoms with van der Waals surface area (Å²) in [5.74, 6) is -2.08. The molecule has 1 aliphatic rings. The van der Waals surface area contributed by atoms with Gasteiger partial charge in [0, 0.05) is 36.8 Å². The lowest BCUT2D eigenvalue weighted by molar-refractivity contribution is 0.0406. The SMILES string of the molecule is CCCN(CC)C(=O)c1cc(C)cc(C(=O)N(C[C@@H](O)[C@@H](N)c2cc(F)cc(F)c2)C2(c3cccc(CC)c3)CC2)c1. The van der Waals surface area contributed by atoms with Gasteiger partial charge in [0.1, 0.15) is 11.6 Å². The largest absolute Gasteiger partial charge is 0.389 e. The first-order valence-corrected chi connectivity index (χ1v) is 14.7. The third-order valence-corrected chi connectivity index (χ3v) is 8.15. The standard InChI is InChI=1S/C34H41F2N3O3/c1-5-13-38(7-3)32(41)25-14-22(4)15-26(17-25)33(42)39(34(11-12-34)27-10-8-9-23(6-2)16-27)21-30(40)31(37)24-18-28(35)20-29(36)19-24/h8-10,14-20,30-31,40H,5-7,11-13,21,37H2,1-4H3/t30-,31+/m1/s1. The molecule has 0 aromatic heterocycles. The first-order valence-electron chi connectivity index (χ1n) is 14.7. The van der Waals surface area contributed by atoms with E-state index in [4.69, 9.17) is 5.73 Å². The van der Waals surface area contributed by atoms with Crippen LogP contribution in [0.3, 0.4) is 0 Å². The molecule has 4 rings (SSSR count). The summed E-state index contributed by atoms with van der Waals surface area (Å²) < 4.78 is 27.9. The number of nitrogens with zero attached hydrogens (tertiary/aromatic N) is 2. The highest BCUT2D eigenvalue weighted by Crippen LogP contribution is 2.52. The highest BCUT2D eigenvalue weighted by molar-refractivity contribution is 6.00. The van der Waals surface area contributed by atoms with E-state index in [9.17, 15) is 23.5 Å². The van der Waals surface area contributed by atoms with E-state index in [0.29, 0.717) is 37.1 Å². The summed E-state index contributed by atoms with van der Waals surface area (Å²) in [5.41, 5.74) is 9.34. The number of carbonyl (C=O) groups is 2. The number of hydrogen-bond donors (Lipinski definition) is 2. The maximum Gasteiger partial charge on any atom is 0.254 e. The van der Waals surface area contributed by atoms with Crippen LogP contribution in [-0.4, -0.2) is 52.5 Å². The fourth-order valence-corrected chi connectivity index (χ4v) is 5.70. The van der Waals surface area contributed by atoms with Gasteiger partial charge in [-0.2, -0.15) is 0 Å². The zero-order valence-corrected chi connectivity index (χ0v) is 24.9. The van der Waals surface area contributed by atoms with Gasteiger partial charge >= 0.3 is 0 Å². The number of benzene rings is 3. The van der Waals surface area contributed by atoms with Crippen LogP contribution >= 0.6 is 0 Å². The summed E-state index contributed by atoms with van der Waals surface area (Å²) in [4.78, 5) is 31.1. The van der Waals surface area contributed by atoms with Crippen molar-refractivity contribution < 1.29 is 23.5 Å². The van der Waals surface area contributed by atoms with Crippen molar-refractivity contribution in [2.75, 3.05) is 19.6 Å². The number of rotatable bonds is 12. The van der Waals surface area contributed by atoms with Crippen molar-refractivity contribution in [2.45, 2.75) is 71.1 Å². The molecule has 224 valence electrons. The van der Waals surface area contributed by atoms with E-state index in [1.165, 1.54) is 0 Å². The molecule has 1 fully saturated rings. The molecule has 0 bridgehead atoms. The number of aryl methyl sites for hydroxylation is 2. The van der Waals surface area contributed by atoms with Crippen LogP contribution in [0.15, 0.2) is 60.7 Å². The van der Waals surface area contributed by atoms with E-state index in [2.05, 4.69) is 13.0 Å². The van der Waals surface area contributed by atoms with E-state index in [0.717, 1.165) is 47.7 Å². The molecule has 0 heterocycles. The summed E-state index contributed by atoms with van der Waals surface area (Å²) >= 11 is 0. The smallest absolute Gasteiger partial charge is 0.254 e. The Morgan fingerprint density at radius 2 is 1.60 bits per heavy atom. The molecule has 0 spiro atoms. The van der Waals surface area contributed by atoms with E-state index < -0.39 is 29.3 Å². The first-order chi connectivity index (χ1) is 20.0. The predicted molar refractivity (Wildman–Crippen MR) is 160 cm³/mol. The van der Waals surface area contributed by atoms with Gasteiger partial charge in [-0.25, -0.2) is 8.78 Å². The Bertz CT molecular complexity index is 1420. The summed E-state index contributed by atoms with van der Waals surface area (Å²) in [5, 5.41) is 11.3. The number of aliphatic hydroxyl groups excluding tert-OH is 1. The van der Waals surface area contributed by atoms with Gasteiger partial charge in [-0.15, -0.1) is 0 Å². The number of amides is 2. The summed E-state index contributed by atoms with van der Waals surface area (Å²) in [6.45, 7) is 8.84. The molecule has 42 heavy (non-hydrogen) atoms. The number of halogens is 2. The molecule has 0 saturated heterocycles. The van der Waals surface area contributed by atoms with E-state index in [1.54, 1.807) is 28.0 Å². The maximum atomic E-state index is 14.4. The second kappa shape index (κ2) is 13.1. The number of nitrogens with two attached hydrogens (primary N) is 1.